The van der Waals surface area contributed by atoms with Crippen LogP contribution in [0.3, 0.4) is 0 Å². The van der Waals surface area contributed by atoms with Crippen LogP contribution in [0.2, 0.25) is 0 Å². The molecule has 0 amide bonds. The number of nitrogens with zero attached hydrogens (tertiary/aromatic N) is 2. The van der Waals surface area contributed by atoms with Crippen molar-refractivity contribution in [3.8, 4) is 23.1 Å². The number of ether oxygens (including phenoxy) is 1. The summed E-state index contributed by atoms with van der Waals surface area (Å²) in [4.78, 5) is 4.40. The SMILES string of the molecule is CC1(C)Oc2ccccc2-c2nc(N)c(C#N)cc21. The van der Waals surface area contributed by atoms with Crippen molar-refractivity contribution < 1.29 is 4.74 Å². The van der Waals surface area contributed by atoms with Crippen molar-refractivity contribution in [3.05, 3.63) is 41.5 Å². The van der Waals surface area contributed by atoms with Crippen molar-refractivity contribution in [2.75, 3.05) is 5.73 Å². The second-order valence-corrected chi connectivity index (χ2v) is 5.04. The van der Waals surface area contributed by atoms with Crippen molar-refractivity contribution in [3.63, 3.8) is 0 Å². The lowest BCUT2D eigenvalue weighted by molar-refractivity contribution is 0.105. The first kappa shape index (κ1) is 11.5. The van der Waals surface area contributed by atoms with Crippen LogP contribution in [0.25, 0.3) is 11.3 Å². The molecule has 4 nitrogen and oxygen atoms in total. The van der Waals surface area contributed by atoms with Gasteiger partial charge in [-0.2, -0.15) is 5.26 Å². The molecule has 0 radical (unpaired) electrons. The molecule has 1 aromatic carbocycles. The van der Waals surface area contributed by atoms with Crippen LogP contribution in [0.15, 0.2) is 30.3 Å². The zero-order valence-electron chi connectivity index (χ0n) is 10.8. The molecule has 2 aromatic rings. The van der Waals surface area contributed by atoms with Gasteiger partial charge in [-0.3, -0.25) is 0 Å². The molecular weight excluding hydrogens is 238 g/mol. The van der Waals surface area contributed by atoms with E-state index in [9.17, 15) is 0 Å². The minimum absolute atomic E-state index is 0.258. The number of nitriles is 1. The summed E-state index contributed by atoms with van der Waals surface area (Å²) < 4.78 is 5.99. The van der Waals surface area contributed by atoms with E-state index in [0.29, 0.717) is 5.56 Å². The van der Waals surface area contributed by atoms with Gasteiger partial charge in [0, 0.05) is 11.1 Å². The molecule has 2 heterocycles. The molecule has 4 heteroatoms. The largest absolute Gasteiger partial charge is 0.482 e. The quantitative estimate of drug-likeness (QED) is 0.781. The van der Waals surface area contributed by atoms with Crippen molar-refractivity contribution >= 4 is 5.82 Å². The highest BCUT2D eigenvalue weighted by Gasteiger charge is 2.34. The van der Waals surface area contributed by atoms with Crippen LogP contribution >= 0.6 is 0 Å². The average Bonchev–Trinajstić information content (AvgIpc) is 2.37. The molecule has 1 aliphatic heterocycles. The standard InChI is InChI=1S/C15H13N3O/c1-15(2)11-7-9(8-16)14(17)18-13(11)10-5-3-4-6-12(10)19-15/h3-7H,1-2H3,(H2,17,18). The average molecular weight is 251 g/mol. The maximum Gasteiger partial charge on any atom is 0.142 e. The van der Waals surface area contributed by atoms with E-state index < -0.39 is 5.60 Å². The van der Waals surface area contributed by atoms with Gasteiger partial charge in [0.2, 0.25) is 0 Å². The second kappa shape index (κ2) is 3.72. The molecule has 1 aliphatic rings. The molecular formula is C15H13N3O. The Balaban J connectivity index is 2.36. The first-order valence-electron chi connectivity index (χ1n) is 6.02. The van der Waals surface area contributed by atoms with Crippen molar-refractivity contribution in [1.29, 1.82) is 5.26 Å². The summed E-state index contributed by atoms with van der Waals surface area (Å²) in [6.45, 7) is 3.92. The molecule has 2 N–H and O–H groups in total. The minimum atomic E-state index is -0.532. The van der Waals surface area contributed by atoms with Crippen LogP contribution in [0.5, 0.6) is 5.75 Å². The predicted molar refractivity (Wildman–Crippen MR) is 72.5 cm³/mol. The number of nitrogen functional groups attached to an aromatic ring is 1. The topological polar surface area (TPSA) is 71.9 Å². The molecule has 3 rings (SSSR count). The molecule has 1 aromatic heterocycles. The number of hydrogen-bond acceptors (Lipinski definition) is 4. The first-order chi connectivity index (χ1) is 9.03. The number of hydrogen-bond donors (Lipinski definition) is 1. The summed E-state index contributed by atoms with van der Waals surface area (Å²) in [5.74, 6) is 1.05. The summed E-state index contributed by atoms with van der Waals surface area (Å²) >= 11 is 0. The van der Waals surface area contributed by atoms with Gasteiger partial charge in [-0.05, 0) is 32.0 Å². The highest BCUT2D eigenvalue weighted by Crippen LogP contribution is 2.44. The summed E-state index contributed by atoms with van der Waals surface area (Å²) in [6, 6.07) is 11.5. The first-order valence-corrected chi connectivity index (χ1v) is 6.02. The van der Waals surface area contributed by atoms with Crippen LogP contribution in [0.1, 0.15) is 25.0 Å². The molecule has 0 saturated heterocycles. The Bertz CT molecular complexity index is 714. The highest BCUT2D eigenvalue weighted by atomic mass is 16.5. The van der Waals surface area contributed by atoms with Gasteiger partial charge in [0.15, 0.2) is 0 Å². The van der Waals surface area contributed by atoms with Crippen molar-refractivity contribution in [2.24, 2.45) is 0 Å². The maximum absolute atomic E-state index is 9.07. The van der Waals surface area contributed by atoms with E-state index in [-0.39, 0.29) is 5.82 Å². The Kier molecular flexibility index (Phi) is 2.26. The summed E-state index contributed by atoms with van der Waals surface area (Å²) in [5, 5.41) is 9.07. The smallest absolute Gasteiger partial charge is 0.142 e. The van der Waals surface area contributed by atoms with E-state index in [2.05, 4.69) is 11.1 Å². The van der Waals surface area contributed by atoms with Crippen molar-refractivity contribution in [2.45, 2.75) is 19.4 Å². The monoisotopic (exact) mass is 251 g/mol. The van der Waals surface area contributed by atoms with E-state index in [1.165, 1.54) is 0 Å². The Morgan fingerprint density at radius 3 is 2.79 bits per heavy atom. The van der Waals surface area contributed by atoms with E-state index in [0.717, 1.165) is 22.6 Å². The number of aromatic nitrogens is 1. The molecule has 0 atom stereocenters. The number of anilines is 1. The minimum Gasteiger partial charge on any atom is -0.482 e. The van der Waals surface area contributed by atoms with Gasteiger partial charge in [0.1, 0.15) is 23.2 Å². The van der Waals surface area contributed by atoms with Gasteiger partial charge >= 0.3 is 0 Å². The third-order valence-electron chi connectivity index (χ3n) is 3.33. The predicted octanol–water partition coefficient (Wildman–Crippen LogP) is 2.83. The van der Waals surface area contributed by atoms with E-state index in [1.807, 2.05) is 38.1 Å². The van der Waals surface area contributed by atoms with E-state index >= 15 is 0 Å². The van der Waals surface area contributed by atoms with Crippen molar-refractivity contribution in [1.82, 2.24) is 4.98 Å². The summed E-state index contributed by atoms with van der Waals surface area (Å²) in [7, 11) is 0. The van der Waals surface area contributed by atoms with Crippen LogP contribution < -0.4 is 10.5 Å². The number of para-hydroxylation sites is 1. The van der Waals surface area contributed by atoms with Gasteiger partial charge in [0.25, 0.3) is 0 Å². The molecule has 94 valence electrons. The zero-order valence-corrected chi connectivity index (χ0v) is 10.8. The van der Waals surface area contributed by atoms with Crippen LogP contribution in [0.4, 0.5) is 5.82 Å². The highest BCUT2D eigenvalue weighted by molar-refractivity contribution is 5.75. The van der Waals surface area contributed by atoms with E-state index in [1.54, 1.807) is 6.07 Å². The van der Waals surface area contributed by atoms with Crippen LogP contribution in [-0.2, 0) is 5.60 Å². The Morgan fingerprint density at radius 1 is 1.32 bits per heavy atom. The Labute approximate surface area is 111 Å². The third kappa shape index (κ3) is 1.63. The lowest BCUT2D eigenvalue weighted by Crippen LogP contribution is -2.30. The number of pyridine rings is 1. The Morgan fingerprint density at radius 2 is 2.05 bits per heavy atom. The maximum atomic E-state index is 9.07. The normalized spacial score (nSPS) is 14.8. The molecule has 0 aliphatic carbocycles. The Hall–Kier alpha value is -2.54. The molecule has 19 heavy (non-hydrogen) atoms. The number of benzene rings is 1. The number of fused-ring (bicyclic) bond motifs is 3. The second-order valence-electron chi connectivity index (χ2n) is 5.04. The molecule has 0 bridgehead atoms. The fourth-order valence-corrected chi connectivity index (χ4v) is 2.36. The molecule has 0 spiro atoms. The van der Waals surface area contributed by atoms with Gasteiger partial charge in [-0.1, -0.05) is 12.1 Å². The third-order valence-corrected chi connectivity index (χ3v) is 3.33. The zero-order chi connectivity index (χ0) is 13.6. The number of nitrogens with two attached hydrogens (primary N) is 1. The van der Waals surface area contributed by atoms with E-state index in [4.69, 9.17) is 15.7 Å². The fraction of sp³-hybridized carbons (Fsp3) is 0.200. The van der Waals surface area contributed by atoms with Crippen LogP contribution in [0, 0.1) is 11.3 Å². The lowest BCUT2D eigenvalue weighted by Gasteiger charge is -2.34. The van der Waals surface area contributed by atoms with Gasteiger partial charge in [-0.15, -0.1) is 0 Å². The molecule has 0 fully saturated rings. The molecule has 0 saturated carbocycles. The summed E-state index contributed by atoms with van der Waals surface area (Å²) in [6.07, 6.45) is 0. The lowest BCUT2D eigenvalue weighted by atomic mass is 9.89. The van der Waals surface area contributed by atoms with Gasteiger partial charge in [-0.25, -0.2) is 4.98 Å². The molecule has 0 unspecified atom stereocenters. The summed E-state index contributed by atoms with van der Waals surface area (Å²) in [5.41, 5.74) is 8.27. The number of rotatable bonds is 0. The fourth-order valence-electron chi connectivity index (χ4n) is 2.36. The van der Waals surface area contributed by atoms with Crippen LogP contribution in [-0.4, -0.2) is 4.98 Å². The van der Waals surface area contributed by atoms with Gasteiger partial charge < -0.3 is 10.5 Å². The van der Waals surface area contributed by atoms with Gasteiger partial charge in [0.05, 0.1) is 11.3 Å².